The molecule has 4 N–H and O–H groups in total. The Kier molecular flexibility index (Phi) is 7.55. The maximum atomic E-state index is 13.5. The third-order valence-corrected chi connectivity index (χ3v) is 7.03. The molecule has 4 aliphatic rings. The number of allylic oxidation sites excluding steroid dienone is 2. The van der Waals surface area contributed by atoms with E-state index in [-0.39, 0.29) is 36.5 Å². The number of rotatable bonds is 6. The average Bonchev–Trinajstić information content (AvgIpc) is 3.49. The summed E-state index contributed by atoms with van der Waals surface area (Å²) in [6.07, 6.45) is 9.80. The van der Waals surface area contributed by atoms with Gasteiger partial charge >= 0.3 is 0 Å². The molecule has 1 aromatic carbocycles. The highest BCUT2D eigenvalue weighted by Crippen LogP contribution is 2.50. The summed E-state index contributed by atoms with van der Waals surface area (Å²) in [5.41, 5.74) is 17.0. The molecule has 0 radical (unpaired) electrons. The fraction of sp³-hybridized carbons (Fsp3) is 0.458. The molecular formula is C24H28Cl2N5O2+. The Bertz CT molecular complexity index is 1260. The van der Waals surface area contributed by atoms with Gasteiger partial charge in [-0.1, -0.05) is 12.5 Å². The highest BCUT2D eigenvalue weighted by molar-refractivity contribution is 6.05. The lowest BCUT2D eigenvalue weighted by Gasteiger charge is -2.23. The lowest BCUT2D eigenvalue weighted by molar-refractivity contribution is -0.406. The van der Waals surface area contributed by atoms with E-state index in [2.05, 4.69) is 17.1 Å². The normalized spacial score (nSPS) is 20.1. The standard InChI is InChI=1S/C24H26N5O2.2ClH/c25-10-2-1-8-17(27)24(30)15-7-4-9-19-21(15)22-16-12-28-18(11-26)20(16)13-5-3-6-14(13)23(22)29(19)31;;/h5,12,15,17H,1-4,6-10,25,27H2;2*1H/q+1;;/t15?,17-;;/m0../s1. The third-order valence-electron chi connectivity index (χ3n) is 7.03. The van der Waals surface area contributed by atoms with Crippen molar-refractivity contribution in [2.75, 3.05) is 6.54 Å². The van der Waals surface area contributed by atoms with Crippen molar-refractivity contribution in [3.8, 4) is 6.07 Å². The number of nitrogens with zero attached hydrogens (tertiary/aromatic N) is 3. The van der Waals surface area contributed by atoms with Gasteiger partial charge in [-0.3, -0.25) is 4.79 Å². The van der Waals surface area contributed by atoms with Crippen LogP contribution in [0.15, 0.2) is 10.7 Å². The predicted octanol–water partition coefficient (Wildman–Crippen LogP) is 2.28. The van der Waals surface area contributed by atoms with Crippen molar-refractivity contribution in [2.24, 2.45) is 22.4 Å². The Morgan fingerprint density at radius 1 is 1.30 bits per heavy atom. The summed E-state index contributed by atoms with van der Waals surface area (Å²) < 4.78 is 1.06. The van der Waals surface area contributed by atoms with Gasteiger partial charge in [-0.25, -0.2) is 4.99 Å². The summed E-state index contributed by atoms with van der Waals surface area (Å²) in [5.74, 6) is -0.382. The molecule has 2 aliphatic heterocycles. The van der Waals surface area contributed by atoms with Gasteiger partial charge in [0.2, 0.25) is 5.70 Å². The Balaban J connectivity index is 0.00000153. The van der Waals surface area contributed by atoms with E-state index in [1.165, 1.54) is 0 Å². The number of Topliss-reactive ketones (excluding diaryl/α,β-unsaturated/α-hetero) is 1. The first-order valence-electron chi connectivity index (χ1n) is 11.2. The van der Waals surface area contributed by atoms with Crippen LogP contribution in [0.4, 0.5) is 5.69 Å². The number of halogens is 2. The first-order chi connectivity index (χ1) is 15.1. The molecule has 0 aromatic heterocycles. The monoisotopic (exact) mass is 488 g/mol. The summed E-state index contributed by atoms with van der Waals surface area (Å²) >= 11 is 0. The van der Waals surface area contributed by atoms with E-state index >= 15 is 0 Å². The molecule has 1 unspecified atom stereocenters. The minimum Gasteiger partial charge on any atom is -0.330 e. The van der Waals surface area contributed by atoms with Crippen LogP contribution in [0.5, 0.6) is 0 Å². The van der Waals surface area contributed by atoms with Gasteiger partial charge in [-0.05, 0) is 50.3 Å². The second-order valence-corrected chi connectivity index (χ2v) is 8.76. The molecule has 0 fully saturated rings. The fourth-order valence-corrected chi connectivity index (χ4v) is 5.64. The lowest BCUT2D eigenvalue weighted by Crippen LogP contribution is -2.37. The molecule has 0 spiro atoms. The number of hydrogen-bond donors (Lipinski definition) is 2. The molecule has 0 bridgehead atoms. The fourth-order valence-electron chi connectivity index (χ4n) is 5.64. The zero-order valence-corrected chi connectivity index (χ0v) is 19.9. The summed E-state index contributed by atoms with van der Waals surface area (Å²) in [6.45, 7) is 0.587. The number of nitrogens with two attached hydrogens (primary N) is 2. The molecule has 33 heavy (non-hydrogen) atoms. The minimum atomic E-state index is -0.557. The van der Waals surface area contributed by atoms with Crippen molar-refractivity contribution in [3.63, 3.8) is 0 Å². The number of hydrogen-bond acceptors (Lipinski definition) is 6. The van der Waals surface area contributed by atoms with Crippen molar-refractivity contribution in [1.82, 2.24) is 0 Å². The van der Waals surface area contributed by atoms with Crippen LogP contribution < -0.4 is 21.9 Å². The summed E-state index contributed by atoms with van der Waals surface area (Å²) in [6, 6.07) is 1.64. The van der Waals surface area contributed by atoms with Crippen molar-refractivity contribution >= 4 is 59.8 Å². The average molecular weight is 489 g/mol. The number of aliphatic imine (C=N–C) groups is 1. The molecule has 5 rings (SSSR count). The first-order valence-corrected chi connectivity index (χ1v) is 11.2. The maximum Gasteiger partial charge on any atom is 0.275 e. The van der Waals surface area contributed by atoms with Crippen LogP contribution in [-0.2, 0) is 11.2 Å². The number of carbonyl (C=O) groups excluding carboxylic acids is 1. The van der Waals surface area contributed by atoms with Crippen LogP contribution in [0.3, 0.4) is 0 Å². The van der Waals surface area contributed by atoms with Crippen LogP contribution in [-0.4, -0.2) is 29.3 Å². The van der Waals surface area contributed by atoms with Crippen molar-refractivity contribution in [1.29, 1.82) is 5.26 Å². The van der Waals surface area contributed by atoms with E-state index in [1.54, 1.807) is 6.21 Å². The van der Waals surface area contributed by atoms with E-state index in [0.717, 1.165) is 69.6 Å². The predicted molar refractivity (Wildman–Crippen MR) is 133 cm³/mol. The second-order valence-electron chi connectivity index (χ2n) is 8.76. The highest BCUT2D eigenvalue weighted by Gasteiger charge is 2.49. The van der Waals surface area contributed by atoms with Crippen LogP contribution in [0.2, 0.25) is 0 Å². The van der Waals surface area contributed by atoms with Gasteiger partial charge in [0, 0.05) is 39.5 Å². The molecular weight excluding hydrogens is 461 g/mol. The first kappa shape index (κ1) is 25.3. The van der Waals surface area contributed by atoms with Gasteiger partial charge < -0.3 is 11.5 Å². The quantitative estimate of drug-likeness (QED) is 0.469. The molecule has 0 saturated heterocycles. The smallest absolute Gasteiger partial charge is 0.275 e. The molecule has 9 heteroatoms. The molecule has 0 amide bonds. The number of benzene rings is 1. The minimum absolute atomic E-state index is 0. The molecule has 7 nitrogen and oxygen atoms in total. The lowest BCUT2D eigenvalue weighted by atomic mass is 9.77. The SMILES string of the molecule is Cl.Cl.N#CC1=c2c(c3c(c4c2=CCC4)[N+](=O)C2=C3C(C(=O)[C@@H](N)CCCCN)CCC2)C=N1. The van der Waals surface area contributed by atoms with Crippen molar-refractivity contribution in [3.05, 3.63) is 37.7 Å². The van der Waals surface area contributed by atoms with Gasteiger partial charge in [0.25, 0.3) is 5.69 Å². The van der Waals surface area contributed by atoms with Crippen LogP contribution in [0, 0.1) is 22.2 Å². The number of fused-ring (bicyclic) bond motifs is 7. The number of nitroso groups, excluding NO2 is 1. The van der Waals surface area contributed by atoms with E-state index in [9.17, 15) is 15.0 Å². The molecule has 2 heterocycles. The Morgan fingerprint density at radius 2 is 2.09 bits per heavy atom. The van der Waals surface area contributed by atoms with Gasteiger partial charge in [0.1, 0.15) is 11.8 Å². The van der Waals surface area contributed by atoms with Gasteiger partial charge in [0.15, 0.2) is 5.78 Å². The molecule has 0 saturated carbocycles. The summed E-state index contributed by atoms with van der Waals surface area (Å²) in [4.78, 5) is 31.2. The van der Waals surface area contributed by atoms with Crippen LogP contribution >= 0.6 is 24.8 Å². The number of nitriles is 1. The maximum absolute atomic E-state index is 13.5. The van der Waals surface area contributed by atoms with Gasteiger partial charge in [-0.2, -0.15) is 5.26 Å². The zero-order valence-electron chi connectivity index (χ0n) is 18.3. The van der Waals surface area contributed by atoms with E-state index in [1.807, 2.05) is 0 Å². The summed E-state index contributed by atoms with van der Waals surface area (Å²) in [7, 11) is 0. The molecule has 2 aliphatic carbocycles. The van der Waals surface area contributed by atoms with E-state index in [4.69, 9.17) is 11.5 Å². The highest BCUT2D eigenvalue weighted by atomic mass is 35.5. The molecule has 2 atom stereocenters. The van der Waals surface area contributed by atoms with Crippen LogP contribution in [0.25, 0.3) is 17.3 Å². The molecule has 174 valence electrons. The third kappa shape index (κ3) is 3.75. The second kappa shape index (κ2) is 9.86. The number of carbonyl (C=O) groups is 1. The van der Waals surface area contributed by atoms with Crippen molar-refractivity contribution < 1.29 is 9.55 Å². The van der Waals surface area contributed by atoms with Gasteiger partial charge in [0.05, 0.1) is 22.3 Å². The summed E-state index contributed by atoms with van der Waals surface area (Å²) in [5, 5.41) is 11.4. The largest absolute Gasteiger partial charge is 0.330 e. The Morgan fingerprint density at radius 3 is 2.82 bits per heavy atom. The van der Waals surface area contributed by atoms with Crippen LogP contribution in [0.1, 0.15) is 61.6 Å². The Labute approximate surface area is 204 Å². The van der Waals surface area contributed by atoms with E-state index < -0.39 is 6.04 Å². The molecule has 1 aromatic rings. The Hall–Kier alpha value is -2.37. The van der Waals surface area contributed by atoms with E-state index in [0.29, 0.717) is 42.9 Å². The number of ketones is 1. The van der Waals surface area contributed by atoms with Crippen molar-refractivity contribution in [2.45, 2.75) is 57.4 Å². The zero-order chi connectivity index (χ0) is 21.7. The van der Waals surface area contributed by atoms with Gasteiger partial charge in [-0.15, -0.1) is 24.8 Å². The topological polar surface area (TPSA) is 125 Å². The number of unbranched alkanes of at least 4 members (excludes halogenated alkanes) is 1.